The van der Waals surface area contributed by atoms with Crippen molar-refractivity contribution in [1.29, 1.82) is 0 Å². The fraction of sp³-hybridized carbons (Fsp3) is 0.611. The first kappa shape index (κ1) is 21.8. The van der Waals surface area contributed by atoms with E-state index in [4.69, 9.17) is 5.73 Å². The van der Waals surface area contributed by atoms with Gasteiger partial charge in [0.2, 0.25) is 5.91 Å². The number of rotatable bonds is 3. The lowest BCUT2D eigenvalue weighted by atomic mass is 9.81. The van der Waals surface area contributed by atoms with E-state index in [1.54, 1.807) is 24.8 Å². The summed E-state index contributed by atoms with van der Waals surface area (Å²) in [7, 11) is 0. The predicted octanol–water partition coefficient (Wildman–Crippen LogP) is 3.99. The molecule has 1 fully saturated rings. The van der Waals surface area contributed by atoms with Crippen molar-refractivity contribution < 1.29 is 18.0 Å². The third-order valence-corrected chi connectivity index (χ3v) is 5.02. The Bertz CT molecular complexity index is 594. The van der Waals surface area contributed by atoms with Gasteiger partial charge in [-0.05, 0) is 51.2 Å². The molecule has 2 N–H and O–H groups in total. The highest BCUT2D eigenvalue weighted by Crippen LogP contribution is 2.34. The Kier molecular flexibility index (Phi) is 6.93. The van der Waals surface area contributed by atoms with Crippen LogP contribution in [0.3, 0.4) is 0 Å². The average molecular weight is 379 g/mol. The number of amides is 1. The van der Waals surface area contributed by atoms with Crippen LogP contribution in [0.5, 0.6) is 0 Å². The minimum atomic E-state index is -4.41. The number of halogens is 4. The second-order valence-corrected chi connectivity index (χ2v) is 7.19. The average Bonchev–Trinajstić information content (AvgIpc) is 2.53. The molecular weight excluding hydrogens is 353 g/mol. The van der Waals surface area contributed by atoms with Gasteiger partial charge in [-0.25, -0.2) is 0 Å². The van der Waals surface area contributed by atoms with Crippen molar-refractivity contribution in [3.8, 4) is 0 Å². The van der Waals surface area contributed by atoms with Crippen molar-refractivity contribution in [2.45, 2.75) is 51.2 Å². The van der Waals surface area contributed by atoms with E-state index >= 15 is 0 Å². The Morgan fingerprint density at radius 1 is 1.20 bits per heavy atom. The van der Waals surface area contributed by atoms with Crippen LogP contribution >= 0.6 is 12.4 Å². The smallest absolute Gasteiger partial charge is 0.342 e. The number of carbonyl (C=O) groups is 1. The number of hydrogen-bond donors (Lipinski definition) is 1. The van der Waals surface area contributed by atoms with Crippen LogP contribution < -0.4 is 5.73 Å². The molecule has 1 saturated heterocycles. The summed E-state index contributed by atoms with van der Waals surface area (Å²) >= 11 is 0. The third kappa shape index (κ3) is 4.88. The second-order valence-electron chi connectivity index (χ2n) is 7.19. The number of carbonyl (C=O) groups excluding carboxylic acids is 1. The number of likely N-dealkylation sites (tertiary alicyclic amines) is 1. The van der Waals surface area contributed by atoms with Crippen molar-refractivity contribution in [2.24, 2.45) is 11.7 Å². The van der Waals surface area contributed by atoms with Crippen LogP contribution in [-0.4, -0.2) is 29.9 Å². The molecule has 1 aromatic rings. The number of alkyl halides is 3. The molecule has 0 bridgehead atoms. The molecule has 0 aliphatic carbocycles. The van der Waals surface area contributed by atoms with Gasteiger partial charge in [-0.3, -0.25) is 4.79 Å². The fourth-order valence-electron chi connectivity index (χ4n) is 3.23. The topological polar surface area (TPSA) is 46.3 Å². The number of hydrogen-bond acceptors (Lipinski definition) is 2. The van der Waals surface area contributed by atoms with Crippen LogP contribution in [-0.2, 0) is 16.4 Å². The molecule has 7 heteroatoms. The summed E-state index contributed by atoms with van der Waals surface area (Å²) in [5.74, 6) is 0.260. The van der Waals surface area contributed by atoms with E-state index in [-0.39, 0.29) is 24.4 Å². The number of piperidine rings is 1. The SMILES string of the molecule is CC(N)C1CCN(C(=O)C(C)(C)c2cccc(C(F)(F)F)c2)CC1.Cl. The van der Waals surface area contributed by atoms with Gasteiger partial charge in [0.1, 0.15) is 0 Å². The maximum absolute atomic E-state index is 12.9. The van der Waals surface area contributed by atoms with Gasteiger partial charge in [-0.15, -0.1) is 12.4 Å². The van der Waals surface area contributed by atoms with Crippen molar-refractivity contribution in [3.63, 3.8) is 0 Å². The first-order chi connectivity index (χ1) is 11.0. The Hall–Kier alpha value is -1.27. The minimum Gasteiger partial charge on any atom is -0.342 e. The molecule has 2 rings (SSSR count). The van der Waals surface area contributed by atoms with Gasteiger partial charge in [-0.1, -0.05) is 18.2 Å². The minimum absolute atomic E-state index is 0. The summed E-state index contributed by atoms with van der Waals surface area (Å²) in [5, 5.41) is 0. The maximum atomic E-state index is 12.9. The van der Waals surface area contributed by atoms with Crippen LogP contribution in [0.4, 0.5) is 13.2 Å². The largest absolute Gasteiger partial charge is 0.416 e. The lowest BCUT2D eigenvalue weighted by Crippen LogP contribution is -2.48. The molecule has 0 aromatic heterocycles. The predicted molar refractivity (Wildman–Crippen MR) is 94.7 cm³/mol. The molecule has 1 unspecified atom stereocenters. The summed E-state index contributed by atoms with van der Waals surface area (Å²) in [6.45, 7) is 6.54. The molecule has 0 radical (unpaired) electrons. The highest BCUT2D eigenvalue weighted by Gasteiger charge is 2.38. The highest BCUT2D eigenvalue weighted by atomic mass is 35.5. The standard InChI is InChI=1S/C18H25F3N2O.ClH/c1-12(22)13-7-9-23(10-8-13)16(24)17(2,3)14-5-4-6-15(11-14)18(19,20)21;/h4-6,11-13H,7-10,22H2,1-3H3;1H. The van der Waals surface area contributed by atoms with Gasteiger partial charge in [0.05, 0.1) is 11.0 Å². The second kappa shape index (κ2) is 7.96. The van der Waals surface area contributed by atoms with E-state index in [9.17, 15) is 18.0 Å². The molecule has 1 aromatic carbocycles. The van der Waals surface area contributed by atoms with Crippen LogP contribution in [0.25, 0.3) is 0 Å². The number of nitrogens with zero attached hydrogens (tertiary/aromatic N) is 1. The van der Waals surface area contributed by atoms with Gasteiger partial charge in [-0.2, -0.15) is 13.2 Å². The molecule has 1 aliphatic heterocycles. The summed E-state index contributed by atoms with van der Waals surface area (Å²) < 4.78 is 38.8. The fourth-order valence-corrected chi connectivity index (χ4v) is 3.23. The van der Waals surface area contributed by atoms with E-state index in [0.29, 0.717) is 24.6 Å². The molecule has 0 spiro atoms. The van der Waals surface area contributed by atoms with Crippen LogP contribution in [0, 0.1) is 5.92 Å². The van der Waals surface area contributed by atoms with Crippen molar-refractivity contribution >= 4 is 18.3 Å². The molecule has 3 nitrogen and oxygen atoms in total. The summed E-state index contributed by atoms with van der Waals surface area (Å²) in [4.78, 5) is 14.6. The van der Waals surface area contributed by atoms with E-state index in [1.165, 1.54) is 6.07 Å². The first-order valence-electron chi connectivity index (χ1n) is 8.26. The van der Waals surface area contributed by atoms with E-state index < -0.39 is 17.2 Å². The quantitative estimate of drug-likeness (QED) is 0.864. The van der Waals surface area contributed by atoms with Crippen molar-refractivity contribution in [3.05, 3.63) is 35.4 Å². The lowest BCUT2D eigenvalue weighted by molar-refractivity contribution is -0.139. The Balaban J connectivity index is 0.00000312. The maximum Gasteiger partial charge on any atom is 0.416 e. The summed E-state index contributed by atoms with van der Waals surface area (Å²) in [6, 6.07) is 5.14. The zero-order chi connectivity index (χ0) is 18.1. The van der Waals surface area contributed by atoms with Gasteiger partial charge in [0.25, 0.3) is 0 Å². The lowest BCUT2D eigenvalue weighted by Gasteiger charge is -2.38. The molecule has 25 heavy (non-hydrogen) atoms. The van der Waals surface area contributed by atoms with E-state index in [1.807, 2.05) is 6.92 Å². The van der Waals surface area contributed by atoms with Gasteiger partial charge >= 0.3 is 6.18 Å². The Morgan fingerprint density at radius 3 is 2.20 bits per heavy atom. The Morgan fingerprint density at radius 2 is 1.72 bits per heavy atom. The molecule has 1 heterocycles. The molecule has 1 aliphatic rings. The molecule has 0 saturated carbocycles. The van der Waals surface area contributed by atoms with E-state index in [2.05, 4.69) is 0 Å². The monoisotopic (exact) mass is 378 g/mol. The van der Waals surface area contributed by atoms with Crippen LogP contribution in [0.1, 0.15) is 44.7 Å². The van der Waals surface area contributed by atoms with Gasteiger partial charge in [0.15, 0.2) is 0 Å². The highest BCUT2D eigenvalue weighted by molar-refractivity contribution is 5.87. The summed E-state index contributed by atoms with van der Waals surface area (Å²) in [5.41, 5.74) is 4.58. The number of benzene rings is 1. The Labute approximate surface area is 153 Å². The zero-order valence-electron chi connectivity index (χ0n) is 14.8. The first-order valence-corrected chi connectivity index (χ1v) is 8.26. The van der Waals surface area contributed by atoms with E-state index in [0.717, 1.165) is 25.0 Å². The van der Waals surface area contributed by atoms with Crippen LogP contribution in [0.15, 0.2) is 24.3 Å². The zero-order valence-corrected chi connectivity index (χ0v) is 15.6. The molecule has 1 atom stereocenters. The third-order valence-electron chi connectivity index (χ3n) is 5.02. The van der Waals surface area contributed by atoms with Crippen molar-refractivity contribution in [1.82, 2.24) is 4.90 Å². The molecule has 142 valence electrons. The van der Waals surface area contributed by atoms with Gasteiger partial charge < -0.3 is 10.6 Å². The number of nitrogens with two attached hydrogens (primary N) is 1. The molecular formula is C18H26ClF3N2O. The normalized spacial score (nSPS) is 17.8. The van der Waals surface area contributed by atoms with Gasteiger partial charge in [0, 0.05) is 19.1 Å². The molecule has 1 amide bonds. The van der Waals surface area contributed by atoms with Crippen molar-refractivity contribution in [2.75, 3.05) is 13.1 Å². The summed E-state index contributed by atoms with van der Waals surface area (Å²) in [6.07, 6.45) is -2.74. The van der Waals surface area contributed by atoms with Crippen LogP contribution in [0.2, 0.25) is 0 Å².